The molecule has 0 aromatic heterocycles. The van der Waals surface area contributed by atoms with E-state index in [9.17, 15) is 4.79 Å². The first-order valence-corrected chi connectivity index (χ1v) is 4.62. The van der Waals surface area contributed by atoms with Crippen LogP contribution in [0.15, 0.2) is 0 Å². The number of amides is 1. The first kappa shape index (κ1) is 11.4. The molecule has 1 heterocycles. The van der Waals surface area contributed by atoms with Gasteiger partial charge in [-0.2, -0.15) is 0 Å². The van der Waals surface area contributed by atoms with Gasteiger partial charge in [-0.15, -0.1) is 0 Å². The number of carbonyl (C=O) groups excluding carboxylic acids is 1. The summed E-state index contributed by atoms with van der Waals surface area (Å²) in [6, 6.07) is 0. The molecule has 1 rings (SSSR count). The lowest BCUT2D eigenvalue weighted by molar-refractivity contribution is -0.252. The lowest BCUT2D eigenvalue weighted by atomic mass is 10.2. The number of nitrogens with one attached hydrogen (secondary N) is 1. The quantitative estimate of drug-likeness (QED) is 0.711. The van der Waals surface area contributed by atoms with Crippen molar-refractivity contribution in [3.05, 3.63) is 0 Å². The van der Waals surface area contributed by atoms with E-state index in [2.05, 4.69) is 5.32 Å². The highest BCUT2D eigenvalue weighted by Crippen LogP contribution is 2.30. The molecule has 0 spiro atoms. The topological polar surface area (TPSA) is 56.8 Å². The van der Waals surface area contributed by atoms with Gasteiger partial charge in [0.1, 0.15) is 0 Å². The lowest BCUT2D eigenvalue weighted by Gasteiger charge is -2.27. The van der Waals surface area contributed by atoms with Crippen molar-refractivity contribution in [2.45, 2.75) is 31.8 Å². The van der Waals surface area contributed by atoms with Gasteiger partial charge in [-0.3, -0.25) is 4.79 Å². The summed E-state index contributed by atoms with van der Waals surface area (Å²) in [4.78, 5) is 10.8. The second-order valence-electron chi connectivity index (χ2n) is 3.35. The molecule has 1 fully saturated rings. The zero-order valence-corrected chi connectivity index (χ0v) is 8.83. The highest BCUT2D eigenvalue weighted by atomic mass is 16.8. The summed E-state index contributed by atoms with van der Waals surface area (Å²) in [5, 5.41) is 2.68. The molecule has 82 valence electrons. The molecule has 0 aromatic rings. The van der Waals surface area contributed by atoms with Crippen LogP contribution in [0.4, 0.5) is 0 Å². The Morgan fingerprint density at radius 2 is 2.36 bits per heavy atom. The van der Waals surface area contributed by atoms with E-state index < -0.39 is 5.79 Å². The molecule has 2 unspecified atom stereocenters. The van der Waals surface area contributed by atoms with Gasteiger partial charge in [-0.05, 0) is 0 Å². The second kappa shape index (κ2) is 4.72. The molecule has 1 aliphatic heterocycles. The fraction of sp³-hybridized carbons (Fsp3) is 0.889. The van der Waals surface area contributed by atoms with E-state index in [1.807, 2.05) is 0 Å². The summed E-state index contributed by atoms with van der Waals surface area (Å²) in [7, 11) is 3.16. The van der Waals surface area contributed by atoms with E-state index in [0.29, 0.717) is 6.54 Å². The number of methoxy groups -OCH3 is 2. The minimum absolute atomic E-state index is 0.0918. The standard InChI is InChI=1S/C9H17NO4/c1-7(11)10-6-9(13-3)5-4-8(12-2)14-9/h8H,4-6H2,1-3H3,(H,10,11). The number of hydrogen-bond acceptors (Lipinski definition) is 4. The minimum atomic E-state index is -0.716. The molecular formula is C9H17NO4. The van der Waals surface area contributed by atoms with Crippen LogP contribution in [-0.2, 0) is 19.0 Å². The van der Waals surface area contributed by atoms with Crippen molar-refractivity contribution in [2.24, 2.45) is 0 Å². The van der Waals surface area contributed by atoms with Gasteiger partial charge in [0, 0.05) is 34.0 Å². The van der Waals surface area contributed by atoms with E-state index >= 15 is 0 Å². The van der Waals surface area contributed by atoms with Crippen molar-refractivity contribution < 1.29 is 19.0 Å². The van der Waals surface area contributed by atoms with Crippen molar-refractivity contribution in [2.75, 3.05) is 20.8 Å². The van der Waals surface area contributed by atoms with Crippen LogP contribution in [0.25, 0.3) is 0 Å². The van der Waals surface area contributed by atoms with E-state index in [0.717, 1.165) is 12.8 Å². The van der Waals surface area contributed by atoms with Crippen molar-refractivity contribution in [3.8, 4) is 0 Å². The first-order chi connectivity index (χ1) is 6.62. The molecule has 1 aliphatic rings. The molecule has 0 saturated carbocycles. The number of rotatable bonds is 4. The Morgan fingerprint density at radius 1 is 1.64 bits per heavy atom. The SMILES string of the molecule is COC1CCC(CNC(C)=O)(OC)O1. The Hall–Kier alpha value is -0.650. The van der Waals surface area contributed by atoms with Crippen LogP contribution >= 0.6 is 0 Å². The third-order valence-electron chi connectivity index (χ3n) is 2.35. The van der Waals surface area contributed by atoms with Gasteiger partial charge in [0.05, 0.1) is 6.54 Å². The second-order valence-corrected chi connectivity index (χ2v) is 3.35. The lowest BCUT2D eigenvalue weighted by Crippen LogP contribution is -2.44. The van der Waals surface area contributed by atoms with Crippen LogP contribution < -0.4 is 5.32 Å². The number of hydrogen-bond donors (Lipinski definition) is 1. The summed E-state index contributed by atoms with van der Waals surface area (Å²) >= 11 is 0. The number of ether oxygens (including phenoxy) is 3. The van der Waals surface area contributed by atoms with Crippen LogP contribution in [0.5, 0.6) is 0 Å². The van der Waals surface area contributed by atoms with Gasteiger partial charge in [0.2, 0.25) is 5.91 Å². The molecule has 1 saturated heterocycles. The zero-order valence-electron chi connectivity index (χ0n) is 8.83. The van der Waals surface area contributed by atoms with E-state index in [1.165, 1.54) is 6.92 Å². The average molecular weight is 203 g/mol. The van der Waals surface area contributed by atoms with Gasteiger partial charge < -0.3 is 19.5 Å². The maximum atomic E-state index is 10.8. The van der Waals surface area contributed by atoms with Gasteiger partial charge in [-0.25, -0.2) is 0 Å². The molecule has 0 bridgehead atoms. The Labute approximate surface area is 83.7 Å². The molecule has 0 aliphatic carbocycles. The van der Waals surface area contributed by atoms with Crippen LogP contribution in [0.3, 0.4) is 0 Å². The maximum absolute atomic E-state index is 10.8. The molecular weight excluding hydrogens is 186 g/mol. The molecule has 0 aromatic carbocycles. The molecule has 14 heavy (non-hydrogen) atoms. The maximum Gasteiger partial charge on any atom is 0.217 e. The minimum Gasteiger partial charge on any atom is -0.356 e. The molecule has 1 N–H and O–H groups in total. The van der Waals surface area contributed by atoms with Gasteiger partial charge in [0.25, 0.3) is 0 Å². The van der Waals surface area contributed by atoms with Gasteiger partial charge >= 0.3 is 0 Å². The largest absolute Gasteiger partial charge is 0.356 e. The Kier molecular flexibility index (Phi) is 3.86. The Bertz CT molecular complexity index is 209. The van der Waals surface area contributed by atoms with Crippen molar-refractivity contribution >= 4 is 5.91 Å². The number of carbonyl (C=O) groups is 1. The Morgan fingerprint density at radius 3 is 2.79 bits per heavy atom. The predicted octanol–water partition coefficient (Wildman–Crippen LogP) is 0.248. The normalized spacial score (nSPS) is 31.8. The summed E-state index contributed by atoms with van der Waals surface area (Å²) in [6.07, 6.45) is 1.27. The molecule has 1 amide bonds. The first-order valence-electron chi connectivity index (χ1n) is 4.62. The monoisotopic (exact) mass is 203 g/mol. The van der Waals surface area contributed by atoms with Crippen LogP contribution in [0, 0.1) is 0 Å². The fourth-order valence-electron chi connectivity index (χ4n) is 1.47. The molecule has 5 nitrogen and oxygen atoms in total. The van der Waals surface area contributed by atoms with Crippen molar-refractivity contribution in [1.82, 2.24) is 5.32 Å². The summed E-state index contributed by atoms with van der Waals surface area (Å²) in [5.41, 5.74) is 0. The van der Waals surface area contributed by atoms with Crippen LogP contribution in [-0.4, -0.2) is 38.7 Å². The molecule has 5 heteroatoms. The third kappa shape index (κ3) is 2.67. The highest BCUT2D eigenvalue weighted by Gasteiger charge is 2.40. The Balaban J connectivity index is 2.47. The predicted molar refractivity (Wildman–Crippen MR) is 49.5 cm³/mol. The summed E-state index contributed by atoms with van der Waals surface area (Å²) in [5.74, 6) is -0.808. The molecule has 2 atom stereocenters. The van der Waals surface area contributed by atoms with Crippen molar-refractivity contribution in [1.29, 1.82) is 0 Å². The van der Waals surface area contributed by atoms with E-state index in [4.69, 9.17) is 14.2 Å². The van der Waals surface area contributed by atoms with Gasteiger partial charge in [0.15, 0.2) is 12.1 Å². The summed E-state index contributed by atoms with van der Waals surface area (Å²) < 4.78 is 15.9. The highest BCUT2D eigenvalue weighted by molar-refractivity contribution is 5.72. The average Bonchev–Trinajstić information content (AvgIpc) is 2.59. The smallest absolute Gasteiger partial charge is 0.217 e. The zero-order chi connectivity index (χ0) is 10.6. The third-order valence-corrected chi connectivity index (χ3v) is 2.35. The van der Waals surface area contributed by atoms with E-state index in [-0.39, 0.29) is 12.2 Å². The van der Waals surface area contributed by atoms with Crippen molar-refractivity contribution in [3.63, 3.8) is 0 Å². The van der Waals surface area contributed by atoms with Crippen LogP contribution in [0.2, 0.25) is 0 Å². The summed E-state index contributed by atoms with van der Waals surface area (Å²) in [6.45, 7) is 1.82. The van der Waals surface area contributed by atoms with Gasteiger partial charge in [-0.1, -0.05) is 0 Å². The fourth-order valence-corrected chi connectivity index (χ4v) is 1.47. The van der Waals surface area contributed by atoms with Crippen LogP contribution in [0.1, 0.15) is 19.8 Å². The van der Waals surface area contributed by atoms with E-state index in [1.54, 1.807) is 14.2 Å². The molecule has 0 radical (unpaired) electrons.